The van der Waals surface area contributed by atoms with E-state index in [2.05, 4.69) is 10.2 Å². The Bertz CT molecular complexity index is 301. The third kappa shape index (κ3) is 0.966. The average Bonchev–Trinajstić information content (AvgIpc) is 2.63. The van der Waals surface area contributed by atoms with Crippen LogP contribution in [-0.4, -0.2) is 22.9 Å². The van der Waals surface area contributed by atoms with Crippen molar-refractivity contribution in [3.05, 3.63) is 17.0 Å². The molecule has 3 rings (SSSR count). The maximum absolute atomic E-state index is 5.19. The molecule has 0 saturated carbocycles. The van der Waals surface area contributed by atoms with E-state index in [1.54, 1.807) is 0 Å². The third-order valence-electron chi connectivity index (χ3n) is 2.72. The van der Waals surface area contributed by atoms with Gasteiger partial charge in [0.2, 0.25) is 0 Å². The summed E-state index contributed by atoms with van der Waals surface area (Å²) in [5, 5.41) is 7.43. The number of aryl methyl sites for hydroxylation is 1. The zero-order valence-corrected chi connectivity index (χ0v) is 6.97. The van der Waals surface area contributed by atoms with Gasteiger partial charge in [-0.1, -0.05) is 0 Å². The molecule has 1 aromatic heterocycles. The summed E-state index contributed by atoms with van der Waals surface area (Å²) in [6.45, 7) is 0.932. The topological polar surface area (TPSA) is 41.2 Å². The number of rotatable bonds is 2. The molecule has 1 aliphatic heterocycles. The zero-order valence-electron chi connectivity index (χ0n) is 6.97. The van der Waals surface area contributed by atoms with Gasteiger partial charge in [-0.2, -0.15) is 5.10 Å². The van der Waals surface area contributed by atoms with E-state index in [-0.39, 0.29) is 0 Å². The van der Waals surface area contributed by atoms with Crippen molar-refractivity contribution in [3.63, 3.8) is 0 Å². The van der Waals surface area contributed by atoms with E-state index in [1.807, 2.05) is 0 Å². The Morgan fingerprint density at radius 3 is 3.25 bits per heavy atom. The molecule has 0 radical (unpaired) electrons. The fourth-order valence-corrected chi connectivity index (χ4v) is 1.96. The number of fused-ring (bicyclic) bond motifs is 1. The first-order valence-corrected chi connectivity index (χ1v) is 4.60. The second-order valence-corrected chi connectivity index (χ2v) is 3.64. The Kier molecular flexibility index (Phi) is 1.29. The zero-order chi connectivity index (χ0) is 7.97. The first kappa shape index (κ1) is 6.66. The second-order valence-electron chi connectivity index (χ2n) is 3.64. The van der Waals surface area contributed by atoms with Crippen molar-refractivity contribution >= 4 is 0 Å². The van der Waals surface area contributed by atoms with Gasteiger partial charge in [-0.3, -0.25) is 5.10 Å². The Hall–Kier alpha value is -0.830. The summed E-state index contributed by atoms with van der Waals surface area (Å²) in [7, 11) is 0. The Labute approximate surface area is 71.1 Å². The fraction of sp³-hybridized carbons (Fsp3) is 0.667. The van der Waals surface area contributed by atoms with Crippen LogP contribution in [0.2, 0.25) is 0 Å². The molecule has 0 spiro atoms. The predicted octanol–water partition coefficient (Wildman–Crippen LogP) is 0.840. The van der Waals surface area contributed by atoms with Crippen molar-refractivity contribution in [2.45, 2.75) is 31.8 Å². The monoisotopic (exact) mass is 164 g/mol. The van der Waals surface area contributed by atoms with E-state index in [1.165, 1.54) is 36.2 Å². The number of aromatic amines is 1. The highest BCUT2D eigenvalue weighted by Gasteiger charge is 2.27. The van der Waals surface area contributed by atoms with Gasteiger partial charge in [0.25, 0.3) is 0 Å². The van der Waals surface area contributed by atoms with E-state index in [9.17, 15) is 0 Å². The van der Waals surface area contributed by atoms with Gasteiger partial charge in [0, 0.05) is 12.1 Å². The van der Waals surface area contributed by atoms with Gasteiger partial charge in [0.1, 0.15) is 0 Å². The van der Waals surface area contributed by atoms with Crippen LogP contribution in [0.1, 0.15) is 23.4 Å². The van der Waals surface area contributed by atoms with Crippen LogP contribution in [0.3, 0.4) is 0 Å². The van der Waals surface area contributed by atoms with Crippen molar-refractivity contribution in [2.75, 3.05) is 6.61 Å². The smallest absolute Gasteiger partial charge is 0.0866 e. The molecule has 12 heavy (non-hydrogen) atoms. The van der Waals surface area contributed by atoms with Gasteiger partial charge >= 0.3 is 0 Å². The minimum Gasteiger partial charge on any atom is -0.373 e. The summed E-state index contributed by atoms with van der Waals surface area (Å²) < 4.78 is 5.19. The largest absolute Gasteiger partial charge is 0.373 e. The summed E-state index contributed by atoms with van der Waals surface area (Å²) in [4.78, 5) is 0. The summed E-state index contributed by atoms with van der Waals surface area (Å²) in [6, 6.07) is 0. The summed E-state index contributed by atoms with van der Waals surface area (Å²) in [6.07, 6.45) is 5.19. The van der Waals surface area contributed by atoms with Crippen molar-refractivity contribution in [2.24, 2.45) is 0 Å². The molecule has 1 aliphatic carbocycles. The number of nitrogens with one attached hydrogen (secondary N) is 1. The molecule has 2 aliphatic rings. The Morgan fingerprint density at radius 1 is 1.50 bits per heavy atom. The van der Waals surface area contributed by atoms with Crippen molar-refractivity contribution in [3.8, 4) is 0 Å². The van der Waals surface area contributed by atoms with E-state index >= 15 is 0 Å². The van der Waals surface area contributed by atoms with Crippen LogP contribution in [0.5, 0.6) is 0 Å². The van der Waals surface area contributed by atoms with Crippen LogP contribution in [0.4, 0.5) is 0 Å². The molecular formula is C9H12N2O. The highest BCUT2D eigenvalue weighted by molar-refractivity contribution is 5.30. The Balaban J connectivity index is 1.88. The van der Waals surface area contributed by atoms with Crippen LogP contribution in [-0.2, 0) is 24.0 Å². The number of ether oxygens (including phenoxy) is 1. The lowest BCUT2D eigenvalue weighted by atomic mass is 10.1. The molecule has 0 aromatic carbocycles. The van der Waals surface area contributed by atoms with Gasteiger partial charge in [-0.15, -0.1) is 0 Å². The van der Waals surface area contributed by atoms with Gasteiger partial charge in [0.05, 0.1) is 18.4 Å². The number of H-pyrrole nitrogens is 1. The predicted molar refractivity (Wildman–Crippen MR) is 44.1 cm³/mol. The maximum atomic E-state index is 5.19. The van der Waals surface area contributed by atoms with Gasteiger partial charge in [-0.05, 0) is 24.8 Å². The summed E-state index contributed by atoms with van der Waals surface area (Å²) >= 11 is 0. The number of hydrogen-bond donors (Lipinski definition) is 1. The second kappa shape index (κ2) is 2.33. The quantitative estimate of drug-likeness (QED) is 0.658. The number of aromatic nitrogens is 2. The van der Waals surface area contributed by atoms with E-state index in [0.717, 1.165) is 13.0 Å². The van der Waals surface area contributed by atoms with Crippen molar-refractivity contribution < 1.29 is 4.74 Å². The minimum absolute atomic E-state index is 0.470. The number of hydrogen-bond acceptors (Lipinski definition) is 2. The molecule has 3 nitrogen and oxygen atoms in total. The molecule has 2 heterocycles. The molecule has 64 valence electrons. The van der Waals surface area contributed by atoms with Gasteiger partial charge in [-0.25, -0.2) is 0 Å². The maximum Gasteiger partial charge on any atom is 0.0866 e. The summed E-state index contributed by atoms with van der Waals surface area (Å²) in [5.41, 5.74) is 4.10. The lowest BCUT2D eigenvalue weighted by molar-refractivity contribution is 0.405. The average molecular weight is 164 g/mol. The lowest BCUT2D eigenvalue weighted by Crippen LogP contribution is -1.96. The van der Waals surface area contributed by atoms with Crippen molar-refractivity contribution in [1.82, 2.24) is 10.2 Å². The van der Waals surface area contributed by atoms with Crippen LogP contribution in [0, 0.1) is 0 Å². The minimum atomic E-state index is 0.470. The van der Waals surface area contributed by atoms with E-state index in [4.69, 9.17) is 4.74 Å². The SMILES string of the molecule is C1Cc2[nH]nc(CC3CO3)c2C1. The van der Waals surface area contributed by atoms with Gasteiger partial charge in [0.15, 0.2) is 0 Å². The van der Waals surface area contributed by atoms with Crippen molar-refractivity contribution in [1.29, 1.82) is 0 Å². The molecule has 1 atom stereocenters. The summed E-state index contributed by atoms with van der Waals surface area (Å²) in [5.74, 6) is 0. The number of epoxide rings is 1. The highest BCUT2D eigenvalue weighted by atomic mass is 16.6. The molecule has 3 heteroatoms. The molecule has 1 aromatic rings. The standard InChI is InChI=1S/C9H12N2O/c1-2-7-8(3-1)10-11-9(7)4-6-5-12-6/h6H,1-5H2,(H,10,11). The van der Waals surface area contributed by atoms with Crippen LogP contribution >= 0.6 is 0 Å². The van der Waals surface area contributed by atoms with Crippen LogP contribution in [0.25, 0.3) is 0 Å². The molecule has 1 fully saturated rings. The first-order valence-electron chi connectivity index (χ1n) is 4.60. The normalized spacial score (nSPS) is 25.8. The molecule has 1 N–H and O–H groups in total. The highest BCUT2D eigenvalue weighted by Crippen LogP contribution is 2.25. The van der Waals surface area contributed by atoms with E-state index in [0.29, 0.717) is 6.10 Å². The Morgan fingerprint density at radius 2 is 2.42 bits per heavy atom. The molecule has 1 unspecified atom stereocenters. The molecule has 0 bridgehead atoms. The number of nitrogens with zero attached hydrogens (tertiary/aromatic N) is 1. The lowest BCUT2D eigenvalue weighted by Gasteiger charge is -1.93. The molecule has 1 saturated heterocycles. The van der Waals surface area contributed by atoms with Crippen LogP contribution in [0.15, 0.2) is 0 Å². The van der Waals surface area contributed by atoms with E-state index < -0.39 is 0 Å². The molecule has 0 amide bonds. The van der Waals surface area contributed by atoms with Crippen LogP contribution < -0.4 is 0 Å². The van der Waals surface area contributed by atoms with Gasteiger partial charge < -0.3 is 4.74 Å². The first-order chi connectivity index (χ1) is 5.93. The molecular weight excluding hydrogens is 152 g/mol. The third-order valence-corrected chi connectivity index (χ3v) is 2.72. The fourth-order valence-electron chi connectivity index (χ4n) is 1.96.